The van der Waals surface area contributed by atoms with Gasteiger partial charge >= 0.3 is 0 Å². The van der Waals surface area contributed by atoms with Gasteiger partial charge in [0, 0.05) is 11.4 Å². The highest BCUT2D eigenvalue weighted by atomic mass is 79.9. The zero-order valence-corrected chi connectivity index (χ0v) is 8.49. The highest BCUT2D eigenvalue weighted by Crippen LogP contribution is 2.19. The quantitative estimate of drug-likeness (QED) is 0.581. The van der Waals surface area contributed by atoms with Crippen LogP contribution in [0.4, 0.5) is 8.78 Å². The summed E-state index contributed by atoms with van der Waals surface area (Å²) in [4.78, 5) is 11.0. The Kier molecular flexibility index (Phi) is 3.14. The molecule has 0 heterocycles. The van der Waals surface area contributed by atoms with Gasteiger partial charge < -0.3 is 0 Å². The van der Waals surface area contributed by atoms with Crippen LogP contribution in [0.1, 0.15) is 22.8 Å². The van der Waals surface area contributed by atoms with Crippen molar-refractivity contribution in [3.63, 3.8) is 0 Å². The third-order valence-corrected chi connectivity index (χ3v) is 2.24. The minimum atomic E-state index is -0.804. The second-order valence-electron chi connectivity index (χ2n) is 2.61. The summed E-state index contributed by atoms with van der Waals surface area (Å²) in [5.74, 6) is -1.87. The molecule has 0 aliphatic carbocycles. The van der Waals surface area contributed by atoms with Crippen LogP contribution in [0.25, 0.3) is 0 Å². The van der Waals surface area contributed by atoms with Crippen LogP contribution in [0.15, 0.2) is 12.1 Å². The molecule has 1 nitrogen and oxygen atoms in total. The summed E-state index contributed by atoms with van der Waals surface area (Å²) in [6, 6.07) is 1.86. The minimum absolute atomic E-state index is 0.0433. The van der Waals surface area contributed by atoms with E-state index in [-0.39, 0.29) is 10.9 Å². The maximum absolute atomic E-state index is 13.1. The molecular formula is C9H7BrF2O. The Morgan fingerprint density at radius 3 is 2.54 bits per heavy atom. The van der Waals surface area contributed by atoms with E-state index in [0.29, 0.717) is 11.6 Å². The van der Waals surface area contributed by atoms with Crippen LogP contribution in [0.2, 0.25) is 0 Å². The topological polar surface area (TPSA) is 17.1 Å². The first kappa shape index (κ1) is 10.3. The fourth-order valence-corrected chi connectivity index (χ4v) is 1.57. The van der Waals surface area contributed by atoms with Gasteiger partial charge in [-0.1, -0.05) is 15.9 Å². The van der Waals surface area contributed by atoms with E-state index in [4.69, 9.17) is 0 Å². The molecule has 0 fully saturated rings. The van der Waals surface area contributed by atoms with Crippen molar-refractivity contribution < 1.29 is 13.6 Å². The van der Waals surface area contributed by atoms with Gasteiger partial charge in [-0.3, -0.25) is 4.79 Å². The lowest BCUT2D eigenvalue weighted by atomic mass is 10.0. The van der Waals surface area contributed by atoms with Crippen LogP contribution in [0, 0.1) is 11.6 Å². The number of Topliss-reactive ketones (excluding diaryl/α,β-unsaturated/α-hetero) is 1. The number of carbonyl (C=O) groups is 1. The molecule has 1 rings (SSSR count). The lowest BCUT2D eigenvalue weighted by molar-refractivity contribution is 0.101. The fourth-order valence-electron chi connectivity index (χ4n) is 1.13. The number of benzene rings is 1. The van der Waals surface area contributed by atoms with E-state index >= 15 is 0 Å². The molecule has 0 aliphatic rings. The average Bonchev–Trinajstić information content (AvgIpc) is 2.01. The minimum Gasteiger partial charge on any atom is -0.294 e. The molecule has 0 aliphatic heterocycles. The predicted molar refractivity (Wildman–Crippen MR) is 49.0 cm³/mol. The van der Waals surface area contributed by atoms with E-state index in [1.165, 1.54) is 6.92 Å². The van der Waals surface area contributed by atoms with Gasteiger partial charge in [0.05, 0.1) is 5.56 Å². The lowest BCUT2D eigenvalue weighted by Crippen LogP contribution is -2.03. The number of ketones is 1. The van der Waals surface area contributed by atoms with Crippen molar-refractivity contribution >= 4 is 21.7 Å². The number of alkyl halides is 1. The van der Waals surface area contributed by atoms with Gasteiger partial charge in [0.2, 0.25) is 0 Å². The highest BCUT2D eigenvalue weighted by molar-refractivity contribution is 9.08. The average molecular weight is 249 g/mol. The summed E-state index contributed by atoms with van der Waals surface area (Å²) in [5, 5.41) is 0.261. The zero-order chi connectivity index (χ0) is 10.0. The van der Waals surface area contributed by atoms with Crippen LogP contribution in [-0.4, -0.2) is 5.78 Å². The molecule has 0 aromatic heterocycles. The van der Waals surface area contributed by atoms with Gasteiger partial charge in [-0.2, -0.15) is 0 Å². The molecular weight excluding hydrogens is 242 g/mol. The summed E-state index contributed by atoms with van der Waals surface area (Å²) >= 11 is 3.06. The molecule has 0 unspecified atom stereocenters. The molecule has 13 heavy (non-hydrogen) atoms. The third kappa shape index (κ3) is 2.12. The maximum Gasteiger partial charge on any atom is 0.163 e. The Morgan fingerprint density at radius 2 is 2.08 bits per heavy atom. The van der Waals surface area contributed by atoms with Crippen LogP contribution in [-0.2, 0) is 5.33 Å². The summed E-state index contributed by atoms with van der Waals surface area (Å²) < 4.78 is 25.8. The second kappa shape index (κ2) is 3.96. The molecule has 0 spiro atoms. The number of hydrogen-bond donors (Lipinski definition) is 0. The van der Waals surface area contributed by atoms with Crippen LogP contribution < -0.4 is 0 Å². The Labute approximate surface area is 82.9 Å². The second-order valence-corrected chi connectivity index (χ2v) is 3.17. The van der Waals surface area contributed by atoms with Crippen molar-refractivity contribution in [1.82, 2.24) is 0 Å². The molecule has 1 aromatic rings. The maximum atomic E-state index is 13.1. The molecule has 0 radical (unpaired) electrons. The van der Waals surface area contributed by atoms with Crippen molar-refractivity contribution in [2.24, 2.45) is 0 Å². The number of halogens is 3. The first-order valence-corrected chi connectivity index (χ1v) is 4.73. The van der Waals surface area contributed by atoms with Crippen molar-refractivity contribution in [3.8, 4) is 0 Å². The van der Waals surface area contributed by atoms with Gasteiger partial charge in [0.15, 0.2) is 5.78 Å². The van der Waals surface area contributed by atoms with E-state index < -0.39 is 17.4 Å². The molecule has 1 aromatic carbocycles. The molecule has 0 N–H and O–H groups in total. The SMILES string of the molecule is CC(=O)c1c(F)cc(F)cc1CBr. The Balaban J connectivity index is 3.38. The van der Waals surface area contributed by atoms with E-state index in [0.717, 1.165) is 6.07 Å². The number of hydrogen-bond acceptors (Lipinski definition) is 1. The zero-order valence-electron chi connectivity index (χ0n) is 6.90. The normalized spacial score (nSPS) is 10.2. The van der Waals surface area contributed by atoms with Crippen molar-refractivity contribution in [1.29, 1.82) is 0 Å². The van der Waals surface area contributed by atoms with E-state index in [9.17, 15) is 13.6 Å². The van der Waals surface area contributed by atoms with E-state index in [1.54, 1.807) is 0 Å². The molecule has 0 saturated heterocycles. The molecule has 70 valence electrons. The first-order valence-electron chi connectivity index (χ1n) is 3.61. The smallest absolute Gasteiger partial charge is 0.163 e. The standard InChI is InChI=1S/C9H7BrF2O/c1-5(13)9-6(4-10)2-7(11)3-8(9)12/h2-3H,4H2,1H3. The van der Waals surface area contributed by atoms with Crippen LogP contribution in [0.3, 0.4) is 0 Å². The predicted octanol–water partition coefficient (Wildman–Crippen LogP) is 3.06. The van der Waals surface area contributed by atoms with Crippen LogP contribution >= 0.6 is 15.9 Å². The van der Waals surface area contributed by atoms with E-state index in [2.05, 4.69) is 15.9 Å². The van der Waals surface area contributed by atoms with Gasteiger partial charge in [0.1, 0.15) is 11.6 Å². The Hall–Kier alpha value is -0.770. The number of carbonyl (C=O) groups excluding carboxylic acids is 1. The largest absolute Gasteiger partial charge is 0.294 e. The van der Waals surface area contributed by atoms with Gasteiger partial charge in [0.25, 0.3) is 0 Å². The van der Waals surface area contributed by atoms with E-state index in [1.807, 2.05) is 0 Å². The lowest BCUT2D eigenvalue weighted by Gasteiger charge is -2.04. The van der Waals surface area contributed by atoms with Gasteiger partial charge in [-0.25, -0.2) is 8.78 Å². The molecule has 0 bridgehead atoms. The third-order valence-electron chi connectivity index (χ3n) is 1.63. The van der Waals surface area contributed by atoms with Crippen molar-refractivity contribution in [2.45, 2.75) is 12.3 Å². The van der Waals surface area contributed by atoms with Gasteiger partial charge in [-0.05, 0) is 18.6 Å². The van der Waals surface area contributed by atoms with Crippen molar-refractivity contribution in [2.75, 3.05) is 0 Å². The Bertz CT molecular complexity index is 350. The highest BCUT2D eigenvalue weighted by Gasteiger charge is 2.13. The summed E-state index contributed by atoms with van der Waals surface area (Å²) in [6.45, 7) is 1.25. The van der Waals surface area contributed by atoms with Crippen molar-refractivity contribution in [3.05, 3.63) is 34.9 Å². The fraction of sp³-hybridized carbons (Fsp3) is 0.222. The molecule has 0 amide bonds. The monoisotopic (exact) mass is 248 g/mol. The summed E-state index contributed by atoms with van der Waals surface area (Å²) in [6.07, 6.45) is 0. The molecule has 0 saturated carbocycles. The van der Waals surface area contributed by atoms with Gasteiger partial charge in [-0.15, -0.1) is 0 Å². The molecule has 4 heteroatoms. The Morgan fingerprint density at radius 1 is 1.46 bits per heavy atom. The number of rotatable bonds is 2. The summed E-state index contributed by atoms with van der Waals surface area (Å²) in [5.41, 5.74) is 0.295. The first-order chi connectivity index (χ1) is 6.06. The molecule has 0 atom stereocenters. The van der Waals surface area contributed by atoms with Crippen LogP contribution in [0.5, 0.6) is 0 Å². The summed E-state index contributed by atoms with van der Waals surface area (Å²) in [7, 11) is 0.